The zero-order valence-electron chi connectivity index (χ0n) is 13.9. The Balaban J connectivity index is 1.59. The van der Waals surface area contributed by atoms with Crippen LogP contribution in [-0.4, -0.2) is 26.3 Å². The number of aromatic amines is 1. The Bertz CT molecular complexity index is 1030. The number of hydrogen-bond acceptors (Lipinski definition) is 5. The van der Waals surface area contributed by atoms with Gasteiger partial charge >= 0.3 is 0 Å². The molecule has 0 atom stereocenters. The van der Waals surface area contributed by atoms with Crippen LogP contribution < -0.4 is 10.5 Å². The molecule has 134 valence electrons. The van der Waals surface area contributed by atoms with Crippen molar-refractivity contribution in [3.63, 3.8) is 0 Å². The molecular weight excluding hydrogens is 377 g/mol. The van der Waals surface area contributed by atoms with Crippen molar-refractivity contribution in [2.45, 2.75) is 29.9 Å². The van der Waals surface area contributed by atoms with E-state index in [9.17, 15) is 9.18 Å². The van der Waals surface area contributed by atoms with Gasteiger partial charge in [0, 0.05) is 18.0 Å². The highest BCUT2D eigenvalue weighted by molar-refractivity contribution is 7.99. The van der Waals surface area contributed by atoms with Gasteiger partial charge in [0.2, 0.25) is 0 Å². The third-order valence-corrected chi connectivity index (χ3v) is 5.87. The molecule has 0 spiro atoms. The quantitative estimate of drug-likeness (QED) is 0.742. The van der Waals surface area contributed by atoms with Crippen LogP contribution in [-0.2, 0) is 13.1 Å². The van der Waals surface area contributed by atoms with Crippen molar-refractivity contribution in [1.82, 2.24) is 19.7 Å². The lowest BCUT2D eigenvalue weighted by atomic mass is 10.2. The molecule has 0 aliphatic carbocycles. The van der Waals surface area contributed by atoms with E-state index in [1.807, 2.05) is 18.0 Å². The number of aryl methyl sites for hydroxylation is 1. The summed E-state index contributed by atoms with van der Waals surface area (Å²) in [7, 11) is 0. The van der Waals surface area contributed by atoms with E-state index < -0.39 is 5.56 Å². The second-order valence-electron chi connectivity index (χ2n) is 6.00. The van der Waals surface area contributed by atoms with Crippen LogP contribution in [0.3, 0.4) is 0 Å². The lowest BCUT2D eigenvalue weighted by Crippen LogP contribution is -2.35. The number of H-pyrrole nitrogens is 1. The summed E-state index contributed by atoms with van der Waals surface area (Å²) in [6, 6.07) is 4.78. The van der Waals surface area contributed by atoms with Gasteiger partial charge in [0.25, 0.3) is 5.56 Å². The van der Waals surface area contributed by atoms with Crippen LogP contribution in [0.1, 0.15) is 11.4 Å². The van der Waals surface area contributed by atoms with E-state index in [-0.39, 0.29) is 10.8 Å². The second-order valence-corrected chi connectivity index (χ2v) is 7.44. The van der Waals surface area contributed by atoms with E-state index in [1.54, 1.807) is 24.0 Å². The molecule has 6 nitrogen and oxygen atoms in total. The third-order valence-electron chi connectivity index (χ3n) is 4.30. The molecule has 0 fully saturated rings. The fourth-order valence-corrected chi connectivity index (χ4v) is 4.16. The standard InChI is InChI=1S/C17H15ClFN5OS/c1-10-6-11(19)2-3-13(10)26-15-8-20-14-9-23(4-5-24(14)15)12-7-21-22-17(25)16(12)18/h2-3,6-8H,4-5,9H2,1H3,(H,22,25). The van der Waals surface area contributed by atoms with Gasteiger partial charge in [-0.25, -0.2) is 14.5 Å². The molecule has 1 aromatic carbocycles. The van der Waals surface area contributed by atoms with Gasteiger partial charge in [0.1, 0.15) is 16.7 Å². The van der Waals surface area contributed by atoms with Crippen molar-refractivity contribution < 1.29 is 4.39 Å². The molecule has 2 aromatic heterocycles. The number of hydrogen-bond donors (Lipinski definition) is 1. The number of imidazole rings is 1. The summed E-state index contributed by atoms with van der Waals surface area (Å²) >= 11 is 7.68. The number of aromatic nitrogens is 4. The Morgan fingerprint density at radius 3 is 2.96 bits per heavy atom. The van der Waals surface area contributed by atoms with Gasteiger partial charge < -0.3 is 9.47 Å². The fourth-order valence-electron chi connectivity index (χ4n) is 2.95. The van der Waals surface area contributed by atoms with Crippen LogP contribution in [0, 0.1) is 12.7 Å². The SMILES string of the molecule is Cc1cc(F)ccc1Sc1cnc2n1CCN(c1cn[nH]c(=O)c1Cl)C2. The number of anilines is 1. The predicted octanol–water partition coefficient (Wildman–Crippen LogP) is 3.24. The first-order chi connectivity index (χ1) is 12.5. The summed E-state index contributed by atoms with van der Waals surface area (Å²) < 4.78 is 15.4. The van der Waals surface area contributed by atoms with E-state index >= 15 is 0 Å². The zero-order chi connectivity index (χ0) is 18.3. The Morgan fingerprint density at radius 1 is 1.31 bits per heavy atom. The molecule has 26 heavy (non-hydrogen) atoms. The van der Waals surface area contributed by atoms with Crippen LogP contribution in [0.2, 0.25) is 5.02 Å². The van der Waals surface area contributed by atoms with E-state index in [0.29, 0.717) is 25.3 Å². The number of rotatable bonds is 3. The van der Waals surface area contributed by atoms with Crippen molar-refractivity contribution in [3.8, 4) is 0 Å². The molecule has 1 aliphatic rings. The summed E-state index contributed by atoms with van der Waals surface area (Å²) in [5.41, 5.74) is 1.10. The van der Waals surface area contributed by atoms with Gasteiger partial charge in [0.15, 0.2) is 0 Å². The molecular formula is C17H15ClFN5OS. The summed E-state index contributed by atoms with van der Waals surface area (Å²) in [4.78, 5) is 19.2. The molecule has 0 saturated carbocycles. The number of nitrogens with one attached hydrogen (secondary N) is 1. The van der Waals surface area contributed by atoms with Crippen LogP contribution >= 0.6 is 23.4 Å². The number of halogens is 2. The van der Waals surface area contributed by atoms with Crippen LogP contribution in [0.5, 0.6) is 0 Å². The molecule has 0 saturated heterocycles. The second kappa shape index (κ2) is 6.77. The number of nitrogens with zero attached hydrogens (tertiary/aromatic N) is 4. The highest BCUT2D eigenvalue weighted by atomic mass is 35.5. The summed E-state index contributed by atoms with van der Waals surface area (Å²) in [6.07, 6.45) is 3.38. The van der Waals surface area contributed by atoms with Crippen LogP contribution in [0.4, 0.5) is 10.1 Å². The van der Waals surface area contributed by atoms with Crippen molar-refractivity contribution in [2.24, 2.45) is 0 Å². The molecule has 3 aromatic rings. The molecule has 0 unspecified atom stereocenters. The summed E-state index contributed by atoms with van der Waals surface area (Å²) in [6.45, 7) is 3.82. The maximum absolute atomic E-state index is 13.3. The summed E-state index contributed by atoms with van der Waals surface area (Å²) in [5, 5.41) is 7.29. The van der Waals surface area contributed by atoms with Crippen molar-refractivity contribution in [2.75, 3.05) is 11.4 Å². The lowest BCUT2D eigenvalue weighted by molar-refractivity contribution is 0.532. The maximum atomic E-state index is 13.3. The van der Waals surface area contributed by atoms with Gasteiger partial charge in [-0.05, 0) is 30.7 Å². The normalized spacial score (nSPS) is 13.7. The predicted molar refractivity (Wildman–Crippen MR) is 98.4 cm³/mol. The molecule has 4 rings (SSSR count). The number of fused-ring (bicyclic) bond motifs is 1. The first-order valence-corrected chi connectivity index (χ1v) is 9.19. The smallest absolute Gasteiger partial charge is 0.285 e. The number of benzene rings is 1. The fraction of sp³-hybridized carbons (Fsp3) is 0.235. The van der Waals surface area contributed by atoms with Crippen molar-refractivity contribution >= 4 is 29.1 Å². The minimum Gasteiger partial charge on any atom is -0.360 e. The van der Waals surface area contributed by atoms with E-state index in [4.69, 9.17) is 11.6 Å². The topological polar surface area (TPSA) is 66.8 Å². The van der Waals surface area contributed by atoms with E-state index in [0.717, 1.165) is 21.3 Å². The lowest BCUT2D eigenvalue weighted by Gasteiger charge is -2.30. The highest BCUT2D eigenvalue weighted by Crippen LogP contribution is 2.33. The summed E-state index contributed by atoms with van der Waals surface area (Å²) in [5.74, 6) is 0.649. The van der Waals surface area contributed by atoms with Gasteiger partial charge in [-0.3, -0.25) is 4.79 Å². The monoisotopic (exact) mass is 391 g/mol. The largest absolute Gasteiger partial charge is 0.360 e. The third kappa shape index (κ3) is 3.10. The molecule has 1 aliphatic heterocycles. The van der Waals surface area contributed by atoms with Crippen molar-refractivity contribution in [1.29, 1.82) is 0 Å². The van der Waals surface area contributed by atoms with E-state index in [2.05, 4.69) is 19.7 Å². The maximum Gasteiger partial charge on any atom is 0.285 e. The van der Waals surface area contributed by atoms with Gasteiger partial charge in [-0.15, -0.1) is 0 Å². The van der Waals surface area contributed by atoms with E-state index in [1.165, 1.54) is 12.1 Å². The first kappa shape index (κ1) is 17.1. The minimum atomic E-state index is -0.402. The molecule has 0 radical (unpaired) electrons. The Kier molecular flexibility index (Phi) is 4.46. The molecule has 1 N–H and O–H groups in total. The molecule has 3 heterocycles. The molecule has 0 bridgehead atoms. The van der Waals surface area contributed by atoms with Gasteiger partial charge in [0.05, 0.1) is 29.7 Å². The Hall–Kier alpha value is -2.32. The average Bonchev–Trinajstić information content (AvgIpc) is 3.02. The molecule has 0 amide bonds. The van der Waals surface area contributed by atoms with Gasteiger partial charge in [-0.1, -0.05) is 23.4 Å². The highest BCUT2D eigenvalue weighted by Gasteiger charge is 2.23. The molecule has 9 heteroatoms. The first-order valence-electron chi connectivity index (χ1n) is 7.99. The Labute approximate surface area is 158 Å². The van der Waals surface area contributed by atoms with Crippen molar-refractivity contribution in [3.05, 3.63) is 63.2 Å². The average molecular weight is 392 g/mol. The zero-order valence-corrected chi connectivity index (χ0v) is 15.4. The Morgan fingerprint density at radius 2 is 2.15 bits per heavy atom. The van der Waals surface area contributed by atoms with Crippen LogP contribution in [0.15, 0.2) is 45.3 Å². The van der Waals surface area contributed by atoms with Gasteiger partial charge in [-0.2, -0.15) is 5.10 Å². The van der Waals surface area contributed by atoms with Crippen LogP contribution in [0.25, 0.3) is 0 Å². The minimum absolute atomic E-state index is 0.136.